The molecule has 34 heavy (non-hydrogen) atoms. The Balaban J connectivity index is 1.35. The number of para-hydroxylation sites is 1. The van der Waals surface area contributed by atoms with Crippen molar-refractivity contribution in [1.82, 2.24) is 4.90 Å². The predicted molar refractivity (Wildman–Crippen MR) is 139 cm³/mol. The molecular formula is C27H28N4O2S. The summed E-state index contributed by atoms with van der Waals surface area (Å²) in [4.78, 5) is 38.4. The van der Waals surface area contributed by atoms with E-state index in [1.807, 2.05) is 66.6 Å². The molecule has 174 valence electrons. The van der Waals surface area contributed by atoms with E-state index in [0.717, 1.165) is 46.2 Å². The highest BCUT2D eigenvalue weighted by molar-refractivity contribution is 7.12. The number of aryl methyl sites for hydroxylation is 2. The first kappa shape index (κ1) is 22.3. The van der Waals surface area contributed by atoms with Gasteiger partial charge in [0.2, 0.25) is 11.8 Å². The molecule has 1 fully saturated rings. The number of carbonyl (C=O) groups is 2. The molecule has 7 heteroatoms. The van der Waals surface area contributed by atoms with Crippen LogP contribution in [0.5, 0.6) is 0 Å². The Morgan fingerprint density at radius 3 is 2.41 bits per heavy atom. The van der Waals surface area contributed by atoms with Crippen LogP contribution in [0.15, 0.2) is 65.0 Å². The highest BCUT2D eigenvalue weighted by atomic mass is 32.1. The summed E-state index contributed by atoms with van der Waals surface area (Å²) in [7, 11) is 0. The molecule has 0 aliphatic carbocycles. The summed E-state index contributed by atoms with van der Waals surface area (Å²) < 4.78 is 0. The number of nitrogens with zero attached hydrogens (tertiary/aromatic N) is 4. The zero-order chi connectivity index (χ0) is 23.7. The molecule has 0 atom stereocenters. The van der Waals surface area contributed by atoms with Gasteiger partial charge in [-0.25, -0.2) is 4.99 Å². The summed E-state index contributed by atoms with van der Waals surface area (Å²) in [5.74, 6) is -0.116. The first-order chi connectivity index (χ1) is 16.5. The summed E-state index contributed by atoms with van der Waals surface area (Å²) in [6.07, 6.45) is 0.183. The summed E-state index contributed by atoms with van der Waals surface area (Å²) >= 11 is 1.58. The normalized spacial score (nSPS) is 16.2. The van der Waals surface area contributed by atoms with E-state index in [1.165, 1.54) is 5.69 Å². The second kappa shape index (κ2) is 9.43. The van der Waals surface area contributed by atoms with Gasteiger partial charge in [0.25, 0.3) is 0 Å². The predicted octanol–water partition coefficient (Wildman–Crippen LogP) is 4.57. The van der Waals surface area contributed by atoms with Crippen LogP contribution in [0, 0.1) is 13.8 Å². The monoisotopic (exact) mass is 472 g/mol. The standard InChI is InChI=1S/C27H28N4O2S/c1-19-15-22-24(16-20(19)2)31(26(32)17-23(28-22)25-9-6-14-34-25)18-27(33)30-12-10-29(11-13-30)21-7-4-3-5-8-21/h3-9,14-16H,10-13,17-18H2,1-2H3. The quantitative estimate of drug-likeness (QED) is 0.559. The van der Waals surface area contributed by atoms with Crippen LogP contribution in [0.3, 0.4) is 0 Å². The number of carbonyl (C=O) groups excluding carboxylic acids is 2. The minimum absolute atomic E-state index is 0.0233. The lowest BCUT2D eigenvalue weighted by Crippen LogP contribution is -2.52. The number of anilines is 2. The number of benzene rings is 2. The molecule has 1 aromatic heterocycles. The molecule has 3 heterocycles. The lowest BCUT2D eigenvalue weighted by molar-refractivity contribution is -0.131. The van der Waals surface area contributed by atoms with Crippen LogP contribution >= 0.6 is 11.3 Å². The number of rotatable bonds is 4. The number of hydrogen-bond acceptors (Lipinski definition) is 5. The van der Waals surface area contributed by atoms with Gasteiger partial charge in [0.1, 0.15) is 6.54 Å². The van der Waals surface area contributed by atoms with Gasteiger partial charge in [-0.05, 0) is 60.7 Å². The first-order valence-electron chi connectivity index (χ1n) is 11.6. The molecule has 2 aliphatic heterocycles. The van der Waals surface area contributed by atoms with Gasteiger partial charge in [-0.15, -0.1) is 11.3 Å². The van der Waals surface area contributed by atoms with Gasteiger partial charge in [-0.3, -0.25) is 9.59 Å². The van der Waals surface area contributed by atoms with Crippen molar-refractivity contribution < 1.29 is 9.59 Å². The summed E-state index contributed by atoms with van der Waals surface area (Å²) in [6.45, 7) is 6.96. The largest absolute Gasteiger partial charge is 0.368 e. The molecule has 0 N–H and O–H groups in total. The van der Waals surface area contributed by atoms with Crippen molar-refractivity contribution in [2.24, 2.45) is 4.99 Å². The van der Waals surface area contributed by atoms with Crippen LogP contribution in [0.1, 0.15) is 22.4 Å². The van der Waals surface area contributed by atoms with E-state index >= 15 is 0 Å². The zero-order valence-electron chi connectivity index (χ0n) is 19.5. The Labute approximate surface area is 204 Å². The van der Waals surface area contributed by atoms with E-state index < -0.39 is 0 Å². The van der Waals surface area contributed by atoms with Gasteiger partial charge in [-0.1, -0.05) is 24.3 Å². The summed E-state index contributed by atoms with van der Waals surface area (Å²) in [5, 5.41) is 1.99. The van der Waals surface area contributed by atoms with Crippen LogP contribution in [-0.2, 0) is 9.59 Å². The third-order valence-electron chi connectivity index (χ3n) is 6.61. The Morgan fingerprint density at radius 1 is 0.971 bits per heavy atom. The molecule has 0 unspecified atom stereocenters. The van der Waals surface area contributed by atoms with Crippen LogP contribution in [0.25, 0.3) is 0 Å². The van der Waals surface area contributed by atoms with E-state index in [9.17, 15) is 9.59 Å². The maximum absolute atomic E-state index is 13.4. The van der Waals surface area contributed by atoms with E-state index in [0.29, 0.717) is 13.1 Å². The summed E-state index contributed by atoms with van der Waals surface area (Å²) in [5.41, 5.74) is 5.60. The van der Waals surface area contributed by atoms with Crippen LogP contribution in [-0.4, -0.2) is 55.1 Å². The summed E-state index contributed by atoms with van der Waals surface area (Å²) in [6, 6.07) is 18.2. The molecule has 0 saturated carbocycles. The molecule has 5 rings (SSSR count). The van der Waals surface area contributed by atoms with E-state index in [1.54, 1.807) is 16.2 Å². The topological polar surface area (TPSA) is 56.2 Å². The average Bonchev–Trinajstić information content (AvgIpc) is 3.36. The molecule has 0 bridgehead atoms. The molecule has 6 nitrogen and oxygen atoms in total. The van der Waals surface area contributed by atoms with Gasteiger partial charge in [-0.2, -0.15) is 0 Å². The molecule has 2 aliphatic rings. The van der Waals surface area contributed by atoms with Crippen LogP contribution in [0.4, 0.5) is 17.1 Å². The fourth-order valence-electron chi connectivity index (χ4n) is 4.50. The van der Waals surface area contributed by atoms with Crippen LogP contribution in [0.2, 0.25) is 0 Å². The number of aliphatic imine (C=N–C) groups is 1. The van der Waals surface area contributed by atoms with Crippen molar-refractivity contribution in [3.05, 3.63) is 76.0 Å². The molecule has 0 spiro atoms. The van der Waals surface area contributed by atoms with Gasteiger partial charge in [0.05, 0.1) is 23.5 Å². The molecule has 0 radical (unpaired) electrons. The third kappa shape index (κ3) is 4.48. The lowest BCUT2D eigenvalue weighted by Gasteiger charge is -2.37. The van der Waals surface area contributed by atoms with E-state index in [4.69, 9.17) is 4.99 Å². The number of amides is 2. The van der Waals surface area contributed by atoms with Gasteiger partial charge in [0.15, 0.2) is 0 Å². The molecule has 3 aromatic rings. The second-order valence-corrected chi connectivity index (χ2v) is 9.77. The first-order valence-corrected chi connectivity index (χ1v) is 12.5. The van der Waals surface area contributed by atoms with E-state index in [-0.39, 0.29) is 24.8 Å². The molecule has 2 amide bonds. The minimum atomic E-state index is -0.0922. The second-order valence-electron chi connectivity index (χ2n) is 8.82. The maximum atomic E-state index is 13.4. The number of hydrogen-bond donors (Lipinski definition) is 0. The molecular weight excluding hydrogens is 444 g/mol. The van der Waals surface area contributed by atoms with Gasteiger partial charge < -0.3 is 14.7 Å². The van der Waals surface area contributed by atoms with Crippen molar-refractivity contribution >= 4 is 45.9 Å². The fourth-order valence-corrected chi connectivity index (χ4v) is 5.21. The van der Waals surface area contributed by atoms with Crippen molar-refractivity contribution in [3.8, 4) is 0 Å². The number of piperazine rings is 1. The SMILES string of the molecule is Cc1cc2c(cc1C)N(CC(=O)N1CCN(c3ccccc3)CC1)C(=O)CC(c1cccs1)=N2. The fraction of sp³-hybridized carbons (Fsp3) is 0.296. The zero-order valence-corrected chi connectivity index (χ0v) is 20.3. The average molecular weight is 473 g/mol. The van der Waals surface area contributed by atoms with E-state index in [2.05, 4.69) is 17.0 Å². The molecule has 2 aromatic carbocycles. The van der Waals surface area contributed by atoms with Crippen LogP contribution < -0.4 is 9.80 Å². The molecule has 1 saturated heterocycles. The number of fused-ring (bicyclic) bond motifs is 1. The van der Waals surface area contributed by atoms with Crippen molar-refractivity contribution in [3.63, 3.8) is 0 Å². The third-order valence-corrected chi connectivity index (χ3v) is 7.53. The highest BCUT2D eigenvalue weighted by Gasteiger charge is 2.30. The maximum Gasteiger partial charge on any atom is 0.242 e. The highest BCUT2D eigenvalue weighted by Crippen LogP contribution is 2.36. The Kier molecular flexibility index (Phi) is 6.20. The smallest absolute Gasteiger partial charge is 0.242 e. The number of thiophene rings is 1. The van der Waals surface area contributed by atoms with Gasteiger partial charge in [0, 0.05) is 36.7 Å². The Hall–Kier alpha value is -3.45. The Bertz CT molecular complexity index is 1230. The van der Waals surface area contributed by atoms with Gasteiger partial charge >= 0.3 is 0 Å². The van der Waals surface area contributed by atoms with Crippen molar-refractivity contribution in [2.45, 2.75) is 20.3 Å². The lowest BCUT2D eigenvalue weighted by atomic mass is 10.1. The minimum Gasteiger partial charge on any atom is -0.368 e. The van der Waals surface area contributed by atoms with Crippen molar-refractivity contribution in [1.29, 1.82) is 0 Å². The van der Waals surface area contributed by atoms with Crippen molar-refractivity contribution in [2.75, 3.05) is 42.5 Å². The Morgan fingerprint density at radius 2 is 1.71 bits per heavy atom.